The maximum Gasteiger partial charge on any atom is 0.307 e. The van der Waals surface area contributed by atoms with Crippen molar-refractivity contribution in [2.45, 2.75) is 22.8 Å². The van der Waals surface area contributed by atoms with Crippen LogP contribution in [0.4, 0.5) is 0 Å². The molecule has 0 saturated heterocycles. The monoisotopic (exact) mass is 242 g/mol. The third-order valence-electron chi connectivity index (χ3n) is 1.63. The topological polar surface area (TPSA) is 26.3 Å². The molecule has 0 aliphatic heterocycles. The van der Waals surface area contributed by atoms with Crippen LogP contribution in [0.3, 0.4) is 0 Å². The van der Waals surface area contributed by atoms with E-state index in [0.29, 0.717) is 13.0 Å². The van der Waals surface area contributed by atoms with Gasteiger partial charge in [-0.05, 0) is 11.4 Å². The second-order valence-corrected chi connectivity index (χ2v) is 5.72. The van der Waals surface area contributed by atoms with E-state index < -0.39 is 0 Å². The van der Waals surface area contributed by atoms with Gasteiger partial charge in [-0.15, -0.1) is 23.1 Å². The summed E-state index contributed by atoms with van der Waals surface area (Å²) in [5.41, 5.74) is 0. The first-order valence-corrected chi connectivity index (χ1v) is 6.45. The van der Waals surface area contributed by atoms with E-state index in [4.69, 9.17) is 4.74 Å². The van der Waals surface area contributed by atoms with Gasteiger partial charge in [0, 0.05) is 5.25 Å². The van der Waals surface area contributed by atoms with E-state index in [0.717, 1.165) is 0 Å². The van der Waals surface area contributed by atoms with E-state index in [1.54, 1.807) is 29.2 Å². The summed E-state index contributed by atoms with van der Waals surface area (Å²) in [6, 6.07) is 4.07. The molecular weight excluding hydrogens is 228 g/mol. The van der Waals surface area contributed by atoms with Crippen LogP contribution < -0.4 is 0 Å². The molecule has 1 heterocycles. The van der Waals surface area contributed by atoms with Crippen molar-refractivity contribution in [3.8, 4) is 0 Å². The Morgan fingerprint density at radius 3 is 3.20 bits per heavy atom. The molecule has 0 aliphatic rings. The number of carbonyl (C=O) groups excluding carboxylic acids is 1. The Balaban J connectivity index is 2.26. The molecule has 1 rings (SSSR count). The number of esters is 1. The van der Waals surface area contributed by atoms with Crippen LogP contribution in [-0.4, -0.2) is 17.8 Å². The van der Waals surface area contributed by atoms with Gasteiger partial charge in [-0.25, -0.2) is 0 Å². The summed E-state index contributed by atoms with van der Waals surface area (Å²) in [4.78, 5) is 11.3. The summed E-state index contributed by atoms with van der Waals surface area (Å²) in [6.07, 6.45) is 2.02. The third kappa shape index (κ3) is 5.04. The lowest BCUT2D eigenvalue weighted by atomic mass is 10.3. The van der Waals surface area contributed by atoms with E-state index in [1.807, 2.05) is 18.4 Å². The zero-order valence-electron chi connectivity index (χ0n) is 8.64. The molecule has 1 unspecified atom stereocenters. The lowest BCUT2D eigenvalue weighted by Gasteiger charge is -2.08. The lowest BCUT2D eigenvalue weighted by molar-refractivity contribution is -0.142. The van der Waals surface area contributed by atoms with Gasteiger partial charge >= 0.3 is 5.97 Å². The van der Waals surface area contributed by atoms with E-state index >= 15 is 0 Å². The molecule has 4 heteroatoms. The van der Waals surface area contributed by atoms with Crippen molar-refractivity contribution in [2.24, 2.45) is 0 Å². The van der Waals surface area contributed by atoms with E-state index in [-0.39, 0.29) is 11.2 Å². The smallest absolute Gasteiger partial charge is 0.307 e. The molecular formula is C11H14O2S2. The van der Waals surface area contributed by atoms with Gasteiger partial charge in [-0.3, -0.25) is 4.79 Å². The normalized spacial score (nSPS) is 12.1. The molecule has 0 radical (unpaired) electrons. The van der Waals surface area contributed by atoms with E-state index in [1.165, 1.54) is 4.21 Å². The lowest BCUT2D eigenvalue weighted by Crippen LogP contribution is -2.10. The fraction of sp³-hybridized carbons (Fsp3) is 0.364. The van der Waals surface area contributed by atoms with Crippen LogP contribution in [-0.2, 0) is 9.53 Å². The highest BCUT2D eigenvalue weighted by atomic mass is 32.2. The van der Waals surface area contributed by atoms with Crippen molar-refractivity contribution in [3.05, 3.63) is 30.2 Å². The minimum atomic E-state index is -0.161. The van der Waals surface area contributed by atoms with Crippen LogP contribution in [0.2, 0.25) is 0 Å². The summed E-state index contributed by atoms with van der Waals surface area (Å²) in [5.74, 6) is -0.161. The zero-order valence-corrected chi connectivity index (χ0v) is 10.3. The first-order chi connectivity index (χ1) is 7.22. The summed E-state index contributed by atoms with van der Waals surface area (Å²) < 4.78 is 6.15. The minimum Gasteiger partial charge on any atom is -0.461 e. The van der Waals surface area contributed by atoms with Gasteiger partial charge in [0.2, 0.25) is 0 Å². The fourth-order valence-electron chi connectivity index (χ4n) is 1.02. The Kier molecular flexibility index (Phi) is 5.50. The van der Waals surface area contributed by atoms with Gasteiger partial charge < -0.3 is 4.74 Å². The van der Waals surface area contributed by atoms with Gasteiger partial charge in [0.05, 0.1) is 10.6 Å². The van der Waals surface area contributed by atoms with Crippen LogP contribution in [0.1, 0.15) is 13.3 Å². The largest absolute Gasteiger partial charge is 0.461 e. The Hall–Kier alpha value is -0.740. The van der Waals surface area contributed by atoms with Crippen molar-refractivity contribution in [2.75, 3.05) is 6.61 Å². The van der Waals surface area contributed by atoms with Gasteiger partial charge in [0.15, 0.2) is 0 Å². The molecule has 0 aromatic carbocycles. The molecule has 0 aliphatic carbocycles. The molecule has 0 fully saturated rings. The highest BCUT2D eigenvalue weighted by Crippen LogP contribution is 2.29. The summed E-state index contributed by atoms with van der Waals surface area (Å²) in [5, 5.41) is 2.28. The van der Waals surface area contributed by atoms with E-state index in [2.05, 4.69) is 12.6 Å². The number of thioether (sulfide) groups is 1. The number of thiophene rings is 1. The number of hydrogen-bond donors (Lipinski definition) is 0. The van der Waals surface area contributed by atoms with Crippen molar-refractivity contribution in [3.63, 3.8) is 0 Å². The molecule has 2 nitrogen and oxygen atoms in total. The Morgan fingerprint density at radius 1 is 1.80 bits per heavy atom. The quantitative estimate of drug-likeness (QED) is 0.435. The number of hydrogen-bond acceptors (Lipinski definition) is 4. The Morgan fingerprint density at radius 2 is 2.60 bits per heavy atom. The fourth-order valence-corrected chi connectivity index (χ4v) is 3.12. The molecule has 15 heavy (non-hydrogen) atoms. The van der Waals surface area contributed by atoms with Gasteiger partial charge in [-0.2, -0.15) is 0 Å². The number of carbonyl (C=O) groups is 1. The van der Waals surface area contributed by atoms with Crippen molar-refractivity contribution in [1.82, 2.24) is 0 Å². The highest BCUT2D eigenvalue weighted by Gasteiger charge is 2.11. The second-order valence-electron chi connectivity index (χ2n) is 3.04. The SMILES string of the molecule is C=CCOC(=O)CC(C)Sc1cccs1. The van der Waals surface area contributed by atoms with Crippen LogP contribution in [0.15, 0.2) is 34.4 Å². The molecule has 1 atom stereocenters. The first kappa shape index (κ1) is 12.3. The summed E-state index contributed by atoms with van der Waals surface area (Å²) >= 11 is 3.39. The van der Waals surface area contributed by atoms with Crippen LogP contribution >= 0.6 is 23.1 Å². The highest BCUT2D eigenvalue weighted by molar-refractivity contribution is 8.01. The molecule has 1 aromatic rings. The molecule has 0 spiro atoms. The van der Waals surface area contributed by atoms with Gasteiger partial charge in [0.1, 0.15) is 6.61 Å². The molecule has 1 aromatic heterocycles. The maximum atomic E-state index is 11.3. The minimum absolute atomic E-state index is 0.161. The summed E-state index contributed by atoms with van der Waals surface area (Å²) in [7, 11) is 0. The molecule has 0 saturated carbocycles. The second kappa shape index (κ2) is 6.69. The van der Waals surface area contributed by atoms with Crippen molar-refractivity contribution >= 4 is 29.1 Å². The van der Waals surface area contributed by atoms with Crippen LogP contribution in [0.25, 0.3) is 0 Å². The maximum absolute atomic E-state index is 11.3. The summed E-state index contributed by atoms with van der Waals surface area (Å²) in [6.45, 7) is 5.82. The van der Waals surface area contributed by atoms with Crippen LogP contribution in [0.5, 0.6) is 0 Å². The molecule has 0 bridgehead atoms. The first-order valence-electron chi connectivity index (χ1n) is 4.69. The third-order valence-corrected chi connectivity index (χ3v) is 3.81. The Bertz CT molecular complexity index is 306. The van der Waals surface area contributed by atoms with Gasteiger partial charge in [0.25, 0.3) is 0 Å². The predicted octanol–water partition coefficient (Wildman–Crippen LogP) is 3.35. The number of rotatable bonds is 6. The average Bonchev–Trinajstić information content (AvgIpc) is 2.67. The molecule has 82 valence electrons. The average molecular weight is 242 g/mol. The van der Waals surface area contributed by atoms with Crippen molar-refractivity contribution in [1.29, 1.82) is 0 Å². The zero-order chi connectivity index (χ0) is 11.1. The Labute approximate surface area is 98.3 Å². The van der Waals surface area contributed by atoms with Crippen molar-refractivity contribution < 1.29 is 9.53 Å². The van der Waals surface area contributed by atoms with E-state index in [9.17, 15) is 4.79 Å². The molecule has 0 N–H and O–H groups in total. The predicted molar refractivity (Wildman–Crippen MR) is 65.4 cm³/mol. The molecule has 0 amide bonds. The number of ether oxygens (including phenoxy) is 1. The van der Waals surface area contributed by atoms with Gasteiger partial charge in [-0.1, -0.05) is 25.6 Å². The van der Waals surface area contributed by atoms with Crippen LogP contribution in [0, 0.1) is 0 Å². The standard InChI is InChI=1S/C11H14O2S2/c1-3-6-13-10(12)8-9(2)15-11-5-4-7-14-11/h3-5,7,9H,1,6,8H2,2H3.